The van der Waals surface area contributed by atoms with Gasteiger partial charge in [0.05, 0.1) is 5.35 Å². The Balaban J connectivity index is 2.82. The van der Waals surface area contributed by atoms with Crippen molar-refractivity contribution in [3.05, 3.63) is 34.7 Å². The molecule has 1 atom stereocenters. The predicted octanol–water partition coefficient (Wildman–Crippen LogP) is 0.552. The molecule has 1 aromatic rings. The molecule has 0 saturated heterocycles. The van der Waals surface area contributed by atoms with E-state index < -0.39 is 0 Å². The van der Waals surface area contributed by atoms with Crippen LogP contribution >= 0.6 is 0 Å². The van der Waals surface area contributed by atoms with Crippen LogP contribution in [0, 0.1) is 12.8 Å². The Morgan fingerprint density at radius 3 is 3.00 bits per heavy atom. The minimum absolute atomic E-state index is 0.451. The molecule has 1 aliphatic carbocycles. The lowest BCUT2D eigenvalue weighted by Gasteiger charge is -1.95. The fraction of sp³-hybridized carbons (Fsp3) is 0.273. The molecule has 1 aromatic heterocycles. The summed E-state index contributed by atoms with van der Waals surface area (Å²) in [4.78, 5) is 8.42. The highest BCUT2D eigenvalue weighted by Crippen LogP contribution is 1.99. The zero-order valence-corrected chi connectivity index (χ0v) is 7.86. The molecule has 1 aliphatic rings. The largest absolute Gasteiger partial charge is 0.241 e. The number of rotatable bonds is 0. The second kappa shape index (κ2) is 3.13. The number of aryl methyl sites for hydroxylation is 1. The third-order valence-electron chi connectivity index (χ3n) is 2.21. The van der Waals surface area contributed by atoms with Crippen LogP contribution in [0.2, 0.25) is 0 Å². The number of hydrogen-bond acceptors (Lipinski definition) is 2. The molecule has 66 valence electrons. The molecule has 2 nitrogen and oxygen atoms in total. The van der Waals surface area contributed by atoms with E-state index in [1.807, 2.05) is 6.92 Å². The summed E-state index contributed by atoms with van der Waals surface area (Å²) in [7, 11) is 0. The van der Waals surface area contributed by atoms with E-state index >= 15 is 0 Å². The molecule has 0 bridgehead atoms. The number of hydrogen-bond donors (Lipinski definition) is 0. The van der Waals surface area contributed by atoms with Crippen LogP contribution in [0.3, 0.4) is 0 Å². The Bertz CT molecular complexity index is 457. The summed E-state index contributed by atoms with van der Waals surface area (Å²) in [5, 5.41) is 2.19. The van der Waals surface area contributed by atoms with Crippen molar-refractivity contribution >= 4 is 12.2 Å². The second-order valence-electron chi connectivity index (χ2n) is 3.34. The Morgan fingerprint density at radius 1 is 1.31 bits per heavy atom. The van der Waals surface area contributed by atoms with E-state index in [2.05, 4.69) is 41.2 Å². The lowest BCUT2D eigenvalue weighted by atomic mass is 10.1. The highest BCUT2D eigenvalue weighted by atomic mass is 14.8. The fourth-order valence-electron chi connectivity index (χ4n) is 1.47. The van der Waals surface area contributed by atoms with Crippen molar-refractivity contribution in [2.75, 3.05) is 0 Å². The maximum absolute atomic E-state index is 4.25. The highest BCUT2D eigenvalue weighted by Gasteiger charge is 1.98. The van der Waals surface area contributed by atoms with Crippen LogP contribution in [-0.4, -0.2) is 9.97 Å². The normalized spacial score (nSPS) is 19.7. The summed E-state index contributed by atoms with van der Waals surface area (Å²) in [6.07, 6.45) is 10.1. The third-order valence-corrected chi connectivity index (χ3v) is 2.21. The van der Waals surface area contributed by atoms with Crippen molar-refractivity contribution in [3.8, 4) is 0 Å². The van der Waals surface area contributed by atoms with Gasteiger partial charge >= 0.3 is 0 Å². The molecule has 0 aromatic carbocycles. The topological polar surface area (TPSA) is 25.8 Å². The summed E-state index contributed by atoms with van der Waals surface area (Å²) >= 11 is 0. The molecule has 2 heteroatoms. The highest BCUT2D eigenvalue weighted by molar-refractivity contribution is 5.44. The Hall–Kier alpha value is -1.44. The van der Waals surface area contributed by atoms with E-state index in [1.165, 1.54) is 0 Å². The summed E-state index contributed by atoms with van der Waals surface area (Å²) in [5.41, 5.74) is 1.04. The van der Waals surface area contributed by atoms with E-state index in [0.717, 1.165) is 16.3 Å². The van der Waals surface area contributed by atoms with Gasteiger partial charge in [0, 0.05) is 10.9 Å². The van der Waals surface area contributed by atoms with Crippen molar-refractivity contribution < 1.29 is 0 Å². The van der Waals surface area contributed by atoms with Gasteiger partial charge in [-0.3, -0.25) is 0 Å². The predicted molar refractivity (Wildman–Crippen MR) is 53.3 cm³/mol. The van der Waals surface area contributed by atoms with Crippen molar-refractivity contribution in [2.45, 2.75) is 13.8 Å². The Labute approximate surface area is 77.4 Å². The maximum atomic E-state index is 4.25. The number of aromatic nitrogens is 2. The number of fused-ring (bicyclic) bond motifs is 1. The number of nitrogens with zero attached hydrogens (tertiary/aromatic N) is 2. The molecule has 0 aliphatic heterocycles. The zero-order chi connectivity index (χ0) is 9.26. The van der Waals surface area contributed by atoms with E-state index in [0.29, 0.717) is 5.92 Å². The molecular weight excluding hydrogens is 160 g/mol. The van der Waals surface area contributed by atoms with Crippen molar-refractivity contribution in [2.24, 2.45) is 5.92 Å². The monoisotopic (exact) mass is 172 g/mol. The van der Waals surface area contributed by atoms with Gasteiger partial charge in [-0.2, -0.15) is 0 Å². The lowest BCUT2D eigenvalue weighted by Crippen LogP contribution is -2.31. The lowest BCUT2D eigenvalue weighted by molar-refractivity contribution is 0.974. The van der Waals surface area contributed by atoms with Gasteiger partial charge in [0.1, 0.15) is 6.33 Å². The Kier molecular flexibility index (Phi) is 1.97. The zero-order valence-electron chi connectivity index (χ0n) is 7.86. The third kappa shape index (κ3) is 1.52. The van der Waals surface area contributed by atoms with E-state index in [9.17, 15) is 0 Å². The van der Waals surface area contributed by atoms with Crippen LogP contribution in [0.4, 0.5) is 0 Å². The van der Waals surface area contributed by atoms with E-state index in [-0.39, 0.29) is 0 Å². The van der Waals surface area contributed by atoms with Gasteiger partial charge in [-0.15, -0.1) is 0 Å². The summed E-state index contributed by atoms with van der Waals surface area (Å²) < 4.78 is 0. The first-order chi connectivity index (χ1) is 6.27. The standard InChI is InChI=1S/C11H12N2/c1-8-4-3-5-10-9(2)12-7-13-11(10)6-8/h3-8H,1-2H3. The first-order valence-corrected chi connectivity index (χ1v) is 4.45. The van der Waals surface area contributed by atoms with Gasteiger partial charge in [-0.1, -0.05) is 31.2 Å². The summed E-state index contributed by atoms with van der Waals surface area (Å²) in [6, 6.07) is 0. The van der Waals surface area contributed by atoms with Crippen molar-refractivity contribution in [1.29, 1.82) is 0 Å². The van der Waals surface area contributed by atoms with Gasteiger partial charge in [-0.25, -0.2) is 9.97 Å². The molecule has 13 heavy (non-hydrogen) atoms. The molecule has 0 N–H and O–H groups in total. The smallest absolute Gasteiger partial charge is 0.116 e. The summed E-state index contributed by atoms with van der Waals surface area (Å²) in [6.45, 7) is 4.16. The van der Waals surface area contributed by atoms with Crippen LogP contribution in [0.25, 0.3) is 12.2 Å². The number of allylic oxidation sites excluding steroid dienone is 2. The van der Waals surface area contributed by atoms with Gasteiger partial charge in [0.2, 0.25) is 0 Å². The first-order valence-electron chi connectivity index (χ1n) is 4.45. The average Bonchev–Trinajstić information content (AvgIpc) is 2.27. The van der Waals surface area contributed by atoms with Crippen LogP contribution in [0.15, 0.2) is 18.5 Å². The Morgan fingerprint density at radius 2 is 2.15 bits per heavy atom. The molecule has 0 saturated carbocycles. The SMILES string of the molecule is Cc1ncnc2c1=CC=CC(C)C=2. The van der Waals surface area contributed by atoms with Crippen LogP contribution < -0.4 is 10.6 Å². The fourth-order valence-corrected chi connectivity index (χ4v) is 1.47. The molecular formula is C11H12N2. The maximum Gasteiger partial charge on any atom is 0.116 e. The second-order valence-corrected chi connectivity index (χ2v) is 3.34. The average molecular weight is 172 g/mol. The van der Waals surface area contributed by atoms with Gasteiger partial charge in [0.25, 0.3) is 0 Å². The molecule has 1 heterocycles. The first kappa shape index (κ1) is 8.17. The van der Waals surface area contributed by atoms with Crippen LogP contribution in [0.5, 0.6) is 0 Å². The van der Waals surface area contributed by atoms with Crippen molar-refractivity contribution in [3.63, 3.8) is 0 Å². The van der Waals surface area contributed by atoms with E-state index in [1.54, 1.807) is 6.33 Å². The molecule has 2 rings (SSSR count). The molecule has 1 unspecified atom stereocenters. The van der Waals surface area contributed by atoms with Gasteiger partial charge < -0.3 is 0 Å². The molecule has 0 radical (unpaired) electrons. The summed E-state index contributed by atoms with van der Waals surface area (Å²) in [5.74, 6) is 0.451. The minimum Gasteiger partial charge on any atom is -0.241 e. The molecule has 0 fully saturated rings. The molecule has 0 spiro atoms. The quantitative estimate of drug-likeness (QED) is 0.571. The van der Waals surface area contributed by atoms with Crippen molar-refractivity contribution in [1.82, 2.24) is 9.97 Å². The van der Waals surface area contributed by atoms with Gasteiger partial charge in [0.15, 0.2) is 0 Å². The minimum atomic E-state index is 0.451. The van der Waals surface area contributed by atoms with E-state index in [4.69, 9.17) is 0 Å². The molecule has 0 amide bonds. The van der Waals surface area contributed by atoms with Crippen LogP contribution in [-0.2, 0) is 0 Å². The van der Waals surface area contributed by atoms with Gasteiger partial charge in [-0.05, 0) is 12.8 Å². The van der Waals surface area contributed by atoms with Crippen LogP contribution in [0.1, 0.15) is 12.6 Å².